The van der Waals surface area contributed by atoms with Crippen LogP contribution in [0.1, 0.15) is 24.3 Å². The number of nitriles is 1. The molecule has 0 aliphatic carbocycles. The molecule has 2 N–H and O–H groups in total. The van der Waals surface area contributed by atoms with E-state index in [1.165, 1.54) is 4.88 Å². The van der Waals surface area contributed by atoms with Crippen LogP contribution in [0.4, 0.5) is 5.69 Å². The molecule has 1 aliphatic heterocycles. The molecule has 4 rings (SSSR count). The summed E-state index contributed by atoms with van der Waals surface area (Å²) in [6.45, 7) is 5.62. The number of aliphatic imine (C=N–C) groups is 1. The zero-order valence-corrected chi connectivity index (χ0v) is 17.2. The first-order chi connectivity index (χ1) is 14.0. The van der Waals surface area contributed by atoms with Gasteiger partial charge in [0.25, 0.3) is 0 Å². The Kier molecular flexibility index (Phi) is 5.03. The second-order valence-corrected chi connectivity index (χ2v) is 8.36. The summed E-state index contributed by atoms with van der Waals surface area (Å²) >= 11 is 1.69. The van der Waals surface area contributed by atoms with Crippen molar-refractivity contribution in [3.63, 3.8) is 0 Å². The molecule has 1 aliphatic rings. The third-order valence-electron chi connectivity index (χ3n) is 5.38. The lowest BCUT2D eigenvalue weighted by atomic mass is 9.87. The van der Waals surface area contributed by atoms with Gasteiger partial charge in [0.05, 0.1) is 35.5 Å². The summed E-state index contributed by atoms with van der Waals surface area (Å²) in [5, 5.41) is 11.3. The van der Waals surface area contributed by atoms with Crippen LogP contribution in [0, 0.1) is 17.2 Å². The van der Waals surface area contributed by atoms with Gasteiger partial charge in [0.1, 0.15) is 11.9 Å². The summed E-state index contributed by atoms with van der Waals surface area (Å²) < 4.78 is 0. The van der Waals surface area contributed by atoms with Gasteiger partial charge in [0.15, 0.2) is 0 Å². The molecule has 29 heavy (non-hydrogen) atoms. The summed E-state index contributed by atoms with van der Waals surface area (Å²) in [5.74, 6) is 0.836. The number of thiophene rings is 1. The van der Waals surface area contributed by atoms with Crippen LogP contribution in [0.2, 0.25) is 0 Å². The molecule has 2 aromatic heterocycles. The Morgan fingerprint density at radius 2 is 2.10 bits per heavy atom. The largest absolute Gasteiger partial charge is 0.388 e. The van der Waals surface area contributed by atoms with Crippen LogP contribution in [0.15, 0.2) is 59.4 Å². The van der Waals surface area contributed by atoms with E-state index in [2.05, 4.69) is 39.3 Å². The van der Waals surface area contributed by atoms with Gasteiger partial charge >= 0.3 is 0 Å². The standard InChI is InChI=1S/C22H22N6S/c1-15-11-28(20-9-25-14-26-10-20)13-22(15,27-16(2)24)21-7-19(12-29-21)18-5-3-4-17(6-18)8-23/h3-7,9-10,12,14-15H,11,13H2,1-2H3,(H2,24,27). The summed E-state index contributed by atoms with van der Waals surface area (Å²) in [5.41, 5.74) is 9.43. The van der Waals surface area contributed by atoms with Crippen molar-refractivity contribution < 1.29 is 0 Å². The zero-order chi connectivity index (χ0) is 20.4. The Balaban J connectivity index is 1.74. The third kappa shape index (κ3) is 3.59. The Morgan fingerprint density at radius 3 is 2.83 bits per heavy atom. The normalized spacial score (nSPS) is 21.9. The van der Waals surface area contributed by atoms with Crippen molar-refractivity contribution >= 4 is 22.9 Å². The maximum absolute atomic E-state index is 9.20. The van der Waals surface area contributed by atoms with Gasteiger partial charge in [-0.3, -0.25) is 4.99 Å². The van der Waals surface area contributed by atoms with Gasteiger partial charge in [0, 0.05) is 23.9 Å². The van der Waals surface area contributed by atoms with Gasteiger partial charge in [-0.15, -0.1) is 11.3 Å². The summed E-state index contributed by atoms with van der Waals surface area (Å²) in [6.07, 6.45) is 5.21. The second-order valence-electron chi connectivity index (χ2n) is 7.45. The molecule has 0 amide bonds. The van der Waals surface area contributed by atoms with Crippen molar-refractivity contribution in [1.29, 1.82) is 5.26 Å². The minimum absolute atomic E-state index is 0.262. The molecule has 0 bridgehead atoms. The van der Waals surface area contributed by atoms with Gasteiger partial charge in [0.2, 0.25) is 0 Å². The van der Waals surface area contributed by atoms with Gasteiger partial charge in [-0.05, 0) is 41.6 Å². The fourth-order valence-electron chi connectivity index (χ4n) is 3.96. The van der Waals surface area contributed by atoms with Crippen LogP contribution in [-0.4, -0.2) is 28.9 Å². The molecule has 2 atom stereocenters. The maximum atomic E-state index is 9.20. The molecule has 1 aromatic carbocycles. The van der Waals surface area contributed by atoms with Crippen molar-refractivity contribution in [2.75, 3.05) is 18.0 Å². The van der Waals surface area contributed by atoms with Crippen LogP contribution in [0.3, 0.4) is 0 Å². The minimum Gasteiger partial charge on any atom is -0.388 e. The maximum Gasteiger partial charge on any atom is 0.118 e. The third-order valence-corrected chi connectivity index (χ3v) is 6.48. The monoisotopic (exact) mass is 402 g/mol. The van der Waals surface area contributed by atoms with E-state index in [0.29, 0.717) is 17.9 Å². The number of hydrogen-bond donors (Lipinski definition) is 1. The van der Waals surface area contributed by atoms with E-state index in [1.807, 2.05) is 43.6 Å². The highest BCUT2D eigenvalue weighted by Gasteiger charge is 2.47. The number of benzene rings is 1. The lowest BCUT2D eigenvalue weighted by Crippen LogP contribution is -2.34. The van der Waals surface area contributed by atoms with Crippen LogP contribution >= 0.6 is 11.3 Å². The Labute approximate surface area is 174 Å². The van der Waals surface area contributed by atoms with E-state index in [-0.39, 0.29) is 5.92 Å². The second kappa shape index (κ2) is 7.64. The van der Waals surface area contributed by atoms with Gasteiger partial charge in [-0.1, -0.05) is 19.1 Å². The highest BCUT2D eigenvalue weighted by atomic mass is 32.1. The van der Waals surface area contributed by atoms with Gasteiger partial charge < -0.3 is 10.6 Å². The van der Waals surface area contributed by atoms with Crippen molar-refractivity contribution in [2.45, 2.75) is 19.4 Å². The molecule has 7 heteroatoms. The van der Waals surface area contributed by atoms with E-state index in [0.717, 1.165) is 23.4 Å². The number of anilines is 1. The van der Waals surface area contributed by atoms with E-state index >= 15 is 0 Å². The molecule has 3 aromatic rings. The highest BCUT2D eigenvalue weighted by molar-refractivity contribution is 7.10. The highest BCUT2D eigenvalue weighted by Crippen LogP contribution is 2.45. The van der Waals surface area contributed by atoms with Crippen LogP contribution in [0.25, 0.3) is 11.1 Å². The Bertz CT molecular complexity index is 1080. The average molecular weight is 403 g/mol. The zero-order valence-electron chi connectivity index (χ0n) is 16.4. The lowest BCUT2D eigenvalue weighted by Gasteiger charge is -2.28. The van der Waals surface area contributed by atoms with E-state index in [9.17, 15) is 5.26 Å². The fraction of sp³-hybridized carbons (Fsp3) is 0.273. The van der Waals surface area contributed by atoms with Crippen molar-refractivity contribution in [1.82, 2.24) is 9.97 Å². The van der Waals surface area contributed by atoms with E-state index < -0.39 is 5.54 Å². The number of nitrogens with two attached hydrogens (primary N) is 1. The van der Waals surface area contributed by atoms with Crippen LogP contribution in [-0.2, 0) is 5.54 Å². The first-order valence-electron chi connectivity index (χ1n) is 9.43. The molecule has 0 saturated carbocycles. The first-order valence-corrected chi connectivity index (χ1v) is 10.3. The van der Waals surface area contributed by atoms with Gasteiger partial charge in [-0.25, -0.2) is 9.97 Å². The molecule has 6 nitrogen and oxygen atoms in total. The molecule has 2 unspecified atom stereocenters. The molecule has 0 spiro atoms. The topological polar surface area (TPSA) is 91.2 Å². The summed E-state index contributed by atoms with van der Waals surface area (Å²) in [6, 6.07) is 12.1. The number of rotatable bonds is 4. The Morgan fingerprint density at radius 1 is 1.31 bits per heavy atom. The average Bonchev–Trinajstić information content (AvgIpc) is 3.35. The van der Waals surface area contributed by atoms with Crippen molar-refractivity contribution in [3.05, 3.63) is 64.9 Å². The molecular formula is C22H22N6S. The molecule has 1 saturated heterocycles. The predicted molar refractivity (Wildman–Crippen MR) is 117 cm³/mol. The number of hydrogen-bond acceptors (Lipinski definition) is 6. The summed E-state index contributed by atoms with van der Waals surface area (Å²) in [7, 11) is 0. The molecule has 1 fully saturated rings. The lowest BCUT2D eigenvalue weighted by molar-refractivity contribution is 0.391. The molecular weight excluding hydrogens is 380 g/mol. The minimum atomic E-state index is -0.426. The molecule has 0 radical (unpaired) electrons. The molecule has 3 heterocycles. The quantitative estimate of drug-likeness (QED) is 0.529. The van der Waals surface area contributed by atoms with E-state index in [4.69, 9.17) is 10.7 Å². The predicted octanol–water partition coefficient (Wildman–Crippen LogP) is 3.81. The smallest absolute Gasteiger partial charge is 0.118 e. The van der Waals surface area contributed by atoms with E-state index in [1.54, 1.807) is 17.7 Å². The SMILES string of the molecule is CC(N)=NC1(c2cc(-c3cccc(C#N)c3)cs2)CN(c2cncnc2)CC1C. The van der Waals surface area contributed by atoms with Crippen LogP contribution < -0.4 is 10.6 Å². The number of aromatic nitrogens is 2. The van der Waals surface area contributed by atoms with Gasteiger partial charge in [-0.2, -0.15) is 5.26 Å². The number of amidine groups is 1. The van der Waals surface area contributed by atoms with Crippen molar-refractivity contribution in [3.8, 4) is 17.2 Å². The Hall–Kier alpha value is -3.24. The fourth-order valence-corrected chi connectivity index (χ4v) is 5.13. The van der Waals surface area contributed by atoms with Crippen molar-refractivity contribution in [2.24, 2.45) is 16.6 Å². The molecule has 146 valence electrons. The summed E-state index contributed by atoms with van der Waals surface area (Å²) in [4.78, 5) is 16.7. The first kappa shape index (κ1) is 19.1. The van der Waals surface area contributed by atoms with Crippen LogP contribution in [0.5, 0.6) is 0 Å². The number of nitrogens with zero attached hydrogens (tertiary/aromatic N) is 5.